The van der Waals surface area contributed by atoms with Gasteiger partial charge in [0.2, 0.25) is 11.5 Å². The van der Waals surface area contributed by atoms with Gasteiger partial charge in [-0.05, 0) is 60.2 Å². The Kier molecular flexibility index (Phi) is 6.66. The average Bonchev–Trinajstić information content (AvgIpc) is 3.61. The number of carboxylic acid groups (broad SMARTS) is 1. The van der Waals surface area contributed by atoms with E-state index in [0.29, 0.717) is 51.0 Å². The predicted molar refractivity (Wildman–Crippen MR) is 149 cm³/mol. The van der Waals surface area contributed by atoms with Crippen LogP contribution in [0.2, 0.25) is 0 Å². The zero-order chi connectivity index (χ0) is 29.5. The molecule has 10 nitrogen and oxygen atoms in total. The summed E-state index contributed by atoms with van der Waals surface area (Å²) in [4.78, 5) is 37.2. The number of hydrogen-bond donors (Lipinski definition) is 1. The predicted octanol–water partition coefficient (Wildman–Crippen LogP) is 5.73. The molecule has 4 aromatic rings. The van der Waals surface area contributed by atoms with Crippen LogP contribution in [-0.2, 0) is 4.79 Å². The molecule has 0 saturated carbocycles. The van der Waals surface area contributed by atoms with Crippen LogP contribution in [0.3, 0.4) is 0 Å². The molecule has 3 aromatic carbocycles. The summed E-state index contributed by atoms with van der Waals surface area (Å²) in [6.45, 7) is 0. The van der Waals surface area contributed by atoms with Gasteiger partial charge in [0.1, 0.15) is 23.0 Å². The van der Waals surface area contributed by atoms with E-state index in [4.69, 9.17) is 28.1 Å². The summed E-state index contributed by atoms with van der Waals surface area (Å²) in [6.07, 6.45) is 1.55. The Balaban J connectivity index is 1.38. The van der Waals surface area contributed by atoms with Crippen molar-refractivity contribution < 1.29 is 47.6 Å². The van der Waals surface area contributed by atoms with Crippen molar-refractivity contribution in [3.63, 3.8) is 0 Å². The molecule has 1 aromatic heterocycles. The minimum Gasteiger partial charge on any atom is -0.493 e. The second kappa shape index (κ2) is 10.5. The van der Waals surface area contributed by atoms with Crippen LogP contribution in [0.5, 0.6) is 28.7 Å². The Morgan fingerprint density at radius 3 is 2.26 bits per heavy atom. The molecule has 0 radical (unpaired) electrons. The minimum atomic E-state index is -1.03. The first-order valence-corrected chi connectivity index (χ1v) is 12.9. The number of allylic oxidation sites excluding steroid dienone is 1. The van der Waals surface area contributed by atoms with Crippen LogP contribution >= 0.6 is 0 Å². The van der Waals surface area contributed by atoms with Crippen molar-refractivity contribution in [2.24, 2.45) is 0 Å². The first-order valence-electron chi connectivity index (χ1n) is 12.9. The van der Waals surface area contributed by atoms with E-state index in [1.54, 1.807) is 54.6 Å². The van der Waals surface area contributed by atoms with E-state index in [2.05, 4.69) is 0 Å². The molecule has 0 spiro atoms. The number of ketones is 1. The number of carboxylic acids is 1. The average molecular weight is 569 g/mol. The fraction of sp³-hybridized carbons (Fsp3) is 0.156. The van der Waals surface area contributed by atoms with Crippen LogP contribution in [0.4, 0.5) is 0 Å². The van der Waals surface area contributed by atoms with Gasteiger partial charge in [-0.2, -0.15) is 0 Å². The van der Waals surface area contributed by atoms with Crippen molar-refractivity contribution in [3.05, 3.63) is 94.4 Å². The molecule has 2 aliphatic rings. The number of fused-ring (bicyclic) bond motifs is 3. The molecule has 1 unspecified atom stereocenters. The van der Waals surface area contributed by atoms with Crippen LogP contribution in [0.15, 0.2) is 70.8 Å². The van der Waals surface area contributed by atoms with Crippen LogP contribution in [-0.4, -0.2) is 44.2 Å². The number of aromatic carboxylic acids is 1. The van der Waals surface area contributed by atoms with Gasteiger partial charge in [0.25, 0.3) is 0 Å². The van der Waals surface area contributed by atoms with E-state index < -0.39 is 17.9 Å². The number of ether oxygens (including phenoxy) is 5. The van der Waals surface area contributed by atoms with Crippen molar-refractivity contribution in [2.45, 2.75) is 12.3 Å². The Labute approximate surface area is 239 Å². The smallest absolute Gasteiger partial charge is 0.335 e. The van der Waals surface area contributed by atoms with E-state index in [1.165, 1.54) is 33.5 Å². The van der Waals surface area contributed by atoms with Gasteiger partial charge < -0.3 is 33.2 Å². The SMILES string of the molecule is COc1cc(C=C2Oc3c(ccc4c3C(c3ccc(-c5ccc(C(=O)O)cc5)o3)CC(=O)O4)C2=O)cc(OC)c1OC. The lowest BCUT2D eigenvalue weighted by molar-refractivity contribution is -0.135. The maximum Gasteiger partial charge on any atom is 0.335 e. The maximum absolute atomic E-state index is 13.4. The monoisotopic (exact) mass is 568 g/mol. The van der Waals surface area contributed by atoms with Gasteiger partial charge in [-0.25, -0.2) is 4.79 Å². The molecule has 42 heavy (non-hydrogen) atoms. The molecule has 1 atom stereocenters. The topological polar surface area (TPSA) is 131 Å². The lowest BCUT2D eigenvalue weighted by atomic mass is 9.88. The third-order valence-electron chi connectivity index (χ3n) is 7.15. The fourth-order valence-electron chi connectivity index (χ4n) is 5.16. The summed E-state index contributed by atoms with van der Waals surface area (Å²) in [7, 11) is 4.50. The van der Waals surface area contributed by atoms with Gasteiger partial charge in [0.05, 0.1) is 44.8 Å². The summed E-state index contributed by atoms with van der Waals surface area (Å²) >= 11 is 0. The number of esters is 1. The van der Waals surface area contributed by atoms with E-state index >= 15 is 0 Å². The molecule has 0 aliphatic carbocycles. The van der Waals surface area contributed by atoms with E-state index in [0.717, 1.165) is 0 Å². The summed E-state index contributed by atoms with van der Waals surface area (Å²) in [5.74, 6) is 0.455. The Hall–Kier alpha value is -5.51. The number of Topliss-reactive ketones (excluding diaryl/α,β-unsaturated/α-hetero) is 1. The minimum absolute atomic E-state index is 0.0299. The molecule has 0 saturated heterocycles. The summed E-state index contributed by atoms with van der Waals surface area (Å²) in [5.41, 5.74) is 2.26. The highest BCUT2D eigenvalue weighted by atomic mass is 16.5. The number of rotatable bonds is 7. The van der Waals surface area contributed by atoms with Crippen molar-refractivity contribution in [1.29, 1.82) is 0 Å². The molecule has 212 valence electrons. The molecular weight excluding hydrogens is 544 g/mol. The van der Waals surface area contributed by atoms with Crippen molar-refractivity contribution in [2.75, 3.05) is 21.3 Å². The van der Waals surface area contributed by atoms with Gasteiger partial charge in [0, 0.05) is 11.1 Å². The molecule has 3 heterocycles. The van der Waals surface area contributed by atoms with Gasteiger partial charge in [-0.1, -0.05) is 12.1 Å². The molecular formula is C32H24O10. The number of hydrogen-bond acceptors (Lipinski definition) is 9. The normalized spacial score (nSPS) is 16.4. The first kappa shape index (κ1) is 26.7. The van der Waals surface area contributed by atoms with Crippen LogP contribution in [0.1, 0.15) is 49.9 Å². The second-order valence-corrected chi connectivity index (χ2v) is 9.57. The Morgan fingerprint density at radius 1 is 0.905 bits per heavy atom. The molecule has 1 N–H and O–H groups in total. The molecule has 0 bridgehead atoms. The summed E-state index contributed by atoms with van der Waals surface area (Å²) < 4.78 is 34.0. The Bertz CT molecular complexity index is 1750. The van der Waals surface area contributed by atoms with Gasteiger partial charge in [0.15, 0.2) is 17.3 Å². The van der Waals surface area contributed by atoms with Crippen LogP contribution in [0, 0.1) is 0 Å². The summed E-state index contributed by atoms with van der Waals surface area (Å²) in [6, 6.07) is 16.3. The maximum atomic E-state index is 13.4. The highest BCUT2D eigenvalue weighted by Gasteiger charge is 2.39. The number of methoxy groups -OCH3 is 3. The van der Waals surface area contributed by atoms with Crippen LogP contribution in [0.25, 0.3) is 17.4 Å². The van der Waals surface area contributed by atoms with Crippen molar-refractivity contribution >= 4 is 23.8 Å². The quantitative estimate of drug-likeness (QED) is 0.168. The van der Waals surface area contributed by atoms with Gasteiger partial charge in [-0.15, -0.1) is 0 Å². The highest BCUT2D eigenvalue weighted by Crippen LogP contribution is 2.50. The largest absolute Gasteiger partial charge is 0.493 e. The second-order valence-electron chi connectivity index (χ2n) is 9.57. The summed E-state index contributed by atoms with van der Waals surface area (Å²) in [5, 5.41) is 9.18. The molecule has 10 heteroatoms. The third kappa shape index (κ3) is 4.52. The van der Waals surface area contributed by atoms with E-state index in [9.17, 15) is 19.5 Å². The van der Waals surface area contributed by atoms with E-state index in [1.807, 2.05) is 0 Å². The third-order valence-corrected chi connectivity index (χ3v) is 7.15. The molecule has 6 rings (SSSR count). The number of carbonyl (C=O) groups excluding carboxylic acids is 2. The van der Waals surface area contributed by atoms with Crippen LogP contribution < -0.4 is 23.7 Å². The van der Waals surface area contributed by atoms with Crippen molar-refractivity contribution in [3.8, 4) is 40.1 Å². The highest BCUT2D eigenvalue weighted by molar-refractivity contribution is 6.15. The lowest BCUT2D eigenvalue weighted by Crippen LogP contribution is -2.21. The zero-order valence-corrected chi connectivity index (χ0v) is 22.8. The van der Waals surface area contributed by atoms with E-state index in [-0.39, 0.29) is 35.0 Å². The van der Waals surface area contributed by atoms with Gasteiger partial charge in [-0.3, -0.25) is 9.59 Å². The molecule has 2 aliphatic heterocycles. The molecule has 0 amide bonds. The standard InChI is InChI=1S/C32H24O10/c1-37-25-13-16(14-26(38-2)31(25)39-3)12-24-29(34)19-8-9-23-28(30(19)42-24)20(15-27(33)41-23)22-11-10-21(40-22)17-4-6-18(7-5-17)32(35)36/h4-14,20H,15H2,1-3H3,(H,35,36). The van der Waals surface area contributed by atoms with Gasteiger partial charge >= 0.3 is 11.9 Å². The fourth-order valence-corrected chi connectivity index (χ4v) is 5.16. The first-order chi connectivity index (χ1) is 20.3. The Morgan fingerprint density at radius 2 is 1.62 bits per heavy atom. The van der Waals surface area contributed by atoms with Crippen molar-refractivity contribution in [1.82, 2.24) is 0 Å². The lowest BCUT2D eigenvalue weighted by Gasteiger charge is -2.24. The molecule has 0 fully saturated rings. The number of benzene rings is 3. The zero-order valence-electron chi connectivity index (χ0n) is 22.8. The number of carbonyl (C=O) groups is 3. The number of furan rings is 1.